The Bertz CT molecular complexity index is 1710. The molecule has 3 atom stereocenters. The van der Waals surface area contributed by atoms with Crippen LogP contribution in [-0.4, -0.2) is 42.9 Å². The smallest absolute Gasteiger partial charge is 0.309 e. The van der Waals surface area contributed by atoms with Crippen LogP contribution < -0.4 is 16.0 Å². The SMILES string of the molecule is O=C(C[C@H]1CC=CCCC[C@H](Cc2ccccc2)C(=O)OC[C@@H](C(=O)Nc2ccc3ccccc3c2)NC1=O)NCCc1ccccc1. The molecular formula is C40H43N3O5. The highest BCUT2D eigenvalue weighted by Gasteiger charge is 2.30. The van der Waals surface area contributed by atoms with Crippen LogP contribution in [0, 0.1) is 11.8 Å². The Balaban J connectivity index is 1.31. The van der Waals surface area contributed by atoms with Crippen molar-refractivity contribution in [2.45, 2.75) is 51.0 Å². The van der Waals surface area contributed by atoms with Gasteiger partial charge in [-0.1, -0.05) is 103 Å². The van der Waals surface area contributed by atoms with Crippen LogP contribution in [0.15, 0.2) is 115 Å². The zero-order chi connectivity index (χ0) is 33.6. The molecule has 5 rings (SSSR count). The van der Waals surface area contributed by atoms with Gasteiger partial charge in [0.05, 0.1) is 11.8 Å². The number of hydrogen-bond acceptors (Lipinski definition) is 5. The number of cyclic esters (lactones) is 1. The highest BCUT2D eigenvalue weighted by Crippen LogP contribution is 2.21. The Hall–Kier alpha value is -5.24. The number of fused-ring (bicyclic) bond motifs is 1. The maximum Gasteiger partial charge on any atom is 0.309 e. The molecule has 48 heavy (non-hydrogen) atoms. The van der Waals surface area contributed by atoms with Gasteiger partial charge in [-0.2, -0.15) is 0 Å². The average molecular weight is 646 g/mol. The fraction of sp³-hybridized carbons (Fsp3) is 0.300. The molecule has 0 bridgehead atoms. The minimum absolute atomic E-state index is 0.0388. The minimum Gasteiger partial charge on any atom is -0.463 e. The molecule has 1 aliphatic heterocycles. The van der Waals surface area contributed by atoms with Gasteiger partial charge in [-0.15, -0.1) is 0 Å². The molecule has 8 nitrogen and oxygen atoms in total. The van der Waals surface area contributed by atoms with Gasteiger partial charge in [0.25, 0.3) is 5.91 Å². The molecule has 0 saturated carbocycles. The summed E-state index contributed by atoms with van der Waals surface area (Å²) < 4.78 is 5.76. The third kappa shape index (κ3) is 10.4. The summed E-state index contributed by atoms with van der Waals surface area (Å²) in [6, 6.07) is 31.8. The van der Waals surface area contributed by atoms with Gasteiger partial charge in [-0.3, -0.25) is 19.2 Å². The Morgan fingerprint density at radius 3 is 2.27 bits per heavy atom. The first-order valence-corrected chi connectivity index (χ1v) is 16.7. The number of hydrogen-bond donors (Lipinski definition) is 3. The molecule has 0 unspecified atom stereocenters. The molecule has 3 amide bonds. The first-order valence-electron chi connectivity index (χ1n) is 16.7. The van der Waals surface area contributed by atoms with Crippen molar-refractivity contribution in [2.75, 3.05) is 18.5 Å². The molecule has 0 aliphatic carbocycles. The number of amides is 3. The summed E-state index contributed by atoms with van der Waals surface area (Å²) >= 11 is 0. The Labute approximate surface area is 282 Å². The number of nitrogens with one attached hydrogen (secondary N) is 3. The monoisotopic (exact) mass is 645 g/mol. The maximum atomic E-state index is 13.7. The van der Waals surface area contributed by atoms with Gasteiger partial charge in [0.1, 0.15) is 12.6 Å². The normalized spacial score (nSPS) is 19.0. The van der Waals surface area contributed by atoms with E-state index in [2.05, 4.69) is 16.0 Å². The summed E-state index contributed by atoms with van der Waals surface area (Å²) in [4.78, 5) is 53.7. The predicted molar refractivity (Wildman–Crippen MR) is 188 cm³/mol. The molecule has 248 valence electrons. The van der Waals surface area contributed by atoms with Gasteiger partial charge < -0.3 is 20.7 Å². The highest BCUT2D eigenvalue weighted by molar-refractivity contribution is 5.99. The lowest BCUT2D eigenvalue weighted by Gasteiger charge is -2.23. The molecule has 0 aromatic heterocycles. The molecular weight excluding hydrogens is 602 g/mol. The summed E-state index contributed by atoms with van der Waals surface area (Å²) in [5.41, 5.74) is 2.69. The fourth-order valence-corrected chi connectivity index (χ4v) is 5.88. The molecule has 0 radical (unpaired) electrons. The zero-order valence-electron chi connectivity index (χ0n) is 27.1. The zero-order valence-corrected chi connectivity index (χ0v) is 27.1. The number of carbonyl (C=O) groups excluding carboxylic acids is 4. The van der Waals surface area contributed by atoms with E-state index < -0.39 is 35.7 Å². The van der Waals surface area contributed by atoms with Crippen LogP contribution in [0.5, 0.6) is 0 Å². The average Bonchev–Trinajstić information content (AvgIpc) is 3.10. The molecule has 0 saturated heterocycles. The lowest BCUT2D eigenvalue weighted by Crippen LogP contribution is -2.49. The number of ether oxygens (including phenoxy) is 1. The standard InChI is InChI=1S/C40H43N3O5/c44-37(41-24-23-29-13-5-3-6-14-29)27-33-19-9-1-2-10-20-34(25-30-15-7-4-8-16-30)40(47)48-28-36(43-38(33)45)39(46)42-35-22-21-31-17-11-12-18-32(31)26-35/h1,3-9,11-18,21-22,26,33-34,36H,2,10,19-20,23-25,27-28H2,(H,41,44)(H,42,46)(H,43,45)/t33-,34-,36+/m1/s1. The van der Waals surface area contributed by atoms with E-state index in [-0.39, 0.29) is 18.9 Å². The lowest BCUT2D eigenvalue weighted by molar-refractivity contribution is -0.151. The topological polar surface area (TPSA) is 114 Å². The van der Waals surface area contributed by atoms with Crippen molar-refractivity contribution in [3.63, 3.8) is 0 Å². The Morgan fingerprint density at radius 1 is 0.792 bits per heavy atom. The van der Waals surface area contributed by atoms with Crippen LogP contribution in [0.25, 0.3) is 10.8 Å². The van der Waals surface area contributed by atoms with Gasteiger partial charge in [0, 0.05) is 18.7 Å². The second-order valence-electron chi connectivity index (χ2n) is 12.3. The van der Waals surface area contributed by atoms with Gasteiger partial charge in [-0.25, -0.2) is 0 Å². The maximum absolute atomic E-state index is 13.7. The van der Waals surface area contributed by atoms with E-state index in [1.807, 2.05) is 109 Å². The van der Waals surface area contributed by atoms with Crippen molar-refractivity contribution in [3.05, 3.63) is 126 Å². The first-order chi connectivity index (χ1) is 23.4. The third-order valence-corrected chi connectivity index (χ3v) is 8.59. The molecule has 4 aromatic rings. The van der Waals surface area contributed by atoms with E-state index in [4.69, 9.17) is 4.74 Å². The Kier molecular flexibility index (Phi) is 12.5. The predicted octanol–water partition coefficient (Wildman–Crippen LogP) is 6.16. The van der Waals surface area contributed by atoms with Crippen LogP contribution in [-0.2, 0) is 36.8 Å². The van der Waals surface area contributed by atoms with Gasteiger partial charge in [-0.05, 0) is 72.6 Å². The Morgan fingerprint density at radius 2 is 1.50 bits per heavy atom. The third-order valence-electron chi connectivity index (χ3n) is 8.59. The van der Waals surface area contributed by atoms with E-state index in [0.29, 0.717) is 37.9 Å². The van der Waals surface area contributed by atoms with Crippen molar-refractivity contribution >= 4 is 40.2 Å². The molecule has 1 heterocycles. The molecule has 0 fully saturated rings. The van der Waals surface area contributed by atoms with Crippen LogP contribution in [0.3, 0.4) is 0 Å². The van der Waals surface area contributed by atoms with Gasteiger partial charge in [0.2, 0.25) is 11.8 Å². The quantitative estimate of drug-likeness (QED) is 0.149. The van der Waals surface area contributed by atoms with E-state index in [0.717, 1.165) is 34.7 Å². The molecule has 3 N–H and O–H groups in total. The van der Waals surface area contributed by atoms with Crippen LogP contribution in [0.2, 0.25) is 0 Å². The number of anilines is 1. The van der Waals surface area contributed by atoms with Crippen molar-refractivity contribution in [3.8, 4) is 0 Å². The lowest BCUT2D eigenvalue weighted by atomic mass is 9.93. The van der Waals surface area contributed by atoms with Crippen LogP contribution >= 0.6 is 0 Å². The van der Waals surface area contributed by atoms with Crippen molar-refractivity contribution in [1.29, 1.82) is 0 Å². The van der Waals surface area contributed by atoms with Crippen LogP contribution in [0.4, 0.5) is 5.69 Å². The second kappa shape index (κ2) is 17.6. The first kappa shape index (κ1) is 34.1. The van der Waals surface area contributed by atoms with Gasteiger partial charge in [0.15, 0.2) is 0 Å². The largest absolute Gasteiger partial charge is 0.463 e. The fourth-order valence-electron chi connectivity index (χ4n) is 5.88. The summed E-state index contributed by atoms with van der Waals surface area (Å²) in [5.74, 6) is -2.72. The minimum atomic E-state index is -1.17. The van der Waals surface area contributed by atoms with E-state index >= 15 is 0 Å². The molecule has 1 aliphatic rings. The number of allylic oxidation sites excluding steroid dienone is 2. The van der Waals surface area contributed by atoms with Crippen molar-refractivity contribution in [1.82, 2.24) is 10.6 Å². The number of carbonyl (C=O) groups is 4. The molecule has 0 spiro atoms. The summed E-state index contributed by atoms with van der Waals surface area (Å²) in [5, 5.41) is 10.6. The van der Waals surface area contributed by atoms with Crippen molar-refractivity contribution < 1.29 is 23.9 Å². The highest BCUT2D eigenvalue weighted by atomic mass is 16.5. The number of benzene rings is 4. The van der Waals surface area contributed by atoms with Crippen molar-refractivity contribution in [2.24, 2.45) is 11.8 Å². The van der Waals surface area contributed by atoms with E-state index in [1.165, 1.54) is 0 Å². The van der Waals surface area contributed by atoms with Gasteiger partial charge >= 0.3 is 5.97 Å². The van der Waals surface area contributed by atoms with E-state index in [9.17, 15) is 19.2 Å². The summed E-state index contributed by atoms with van der Waals surface area (Å²) in [7, 11) is 0. The second-order valence-corrected chi connectivity index (χ2v) is 12.3. The summed E-state index contributed by atoms with van der Waals surface area (Å²) in [6.07, 6.45) is 7.51. The van der Waals surface area contributed by atoms with Crippen LogP contribution in [0.1, 0.15) is 43.2 Å². The van der Waals surface area contributed by atoms with E-state index in [1.54, 1.807) is 6.07 Å². The molecule has 8 heteroatoms. The molecule has 4 aromatic carbocycles. The number of rotatable bonds is 9. The number of esters is 1. The summed E-state index contributed by atoms with van der Waals surface area (Å²) in [6.45, 7) is 0.116.